The molecular weight excluding hydrogens is 332 g/mol. The van der Waals surface area contributed by atoms with Crippen LogP contribution in [0, 0.1) is 18.3 Å². The zero-order chi connectivity index (χ0) is 15.4. The maximum atomic E-state index is 9.42. The fourth-order valence-corrected chi connectivity index (χ4v) is 2.53. The van der Waals surface area contributed by atoms with Crippen molar-refractivity contribution in [3.05, 3.63) is 39.3 Å². The van der Waals surface area contributed by atoms with Crippen LogP contribution in [0.4, 0.5) is 0 Å². The zero-order valence-corrected chi connectivity index (χ0v) is 13.7. The van der Waals surface area contributed by atoms with Crippen molar-refractivity contribution >= 4 is 15.9 Å². The summed E-state index contributed by atoms with van der Waals surface area (Å²) < 4.78 is 6.30. The Bertz CT molecular complexity index is 710. The third-order valence-corrected chi connectivity index (χ3v) is 3.65. The molecule has 0 radical (unpaired) electrons. The number of hydrogen-bond donors (Lipinski definition) is 0. The Morgan fingerprint density at radius 3 is 2.57 bits per heavy atom. The van der Waals surface area contributed by atoms with Gasteiger partial charge in [-0.1, -0.05) is 13.8 Å². The molecule has 6 heteroatoms. The van der Waals surface area contributed by atoms with Crippen LogP contribution in [0.5, 0.6) is 11.6 Å². The summed E-state index contributed by atoms with van der Waals surface area (Å²) in [6.07, 6.45) is 1.45. The molecule has 2 heterocycles. The highest BCUT2D eigenvalue weighted by Crippen LogP contribution is 2.30. The van der Waals surface area contributed by atoms with Gasteiger partial charge in [0.2, 0.25) is 0 Å². The van der Waals surface area contributed by atoms with E-state index < -0.39 is 0 Å². The SMILES string of the molecule is CCc1nnc(Oc2ccc(C)nc2Br)c(C#N)c1CC. The number of aromatic nitrogens is 3. The third-order valence-electron chi connectivity index (χ3n) is 3.09. The van der Waals surface area contributed by atoms with Gasteiger partial charge in [-0.15, -0.1) is 5.10 Å². The van der Waals surface area contributed by atoms with E-state index in [9.17, 15) is 5.26 Å². The summed E-state index contributed by atoms with van der Waals surface area (Å²) in [6, 6.07) is 5.80. The fourth-order valence-electron chi connectivity index (χ4n) is 2.03. The van der Waals surface area contributed by atoms with E-state index in [1.165, 1.54) is 0 Å². The van der Waals surface area contributed by atoms with Crippen molar-refractivity contribution in [2.75, 3.05) is 0 Å². The van der Waals surface area contributed by atoms with E-state index >= 15 is 0 Å². The first-order valence-corrected chi connectivity index (χ1v) is 7.49. The minimum Gasteiger partial charge on any atom is -0.434 e. The van der Waals surface area contributed by atoms with E-state index in [1.807, 2.05) is 26.8 Å². The molecule has 0 amide bonds. The van der Waals surface area contributed by atoms with E-state index in [2.05, 4.69) is 37.2 Å². The quantitative estimate of drug-likeness (QED) is 0.788. The van der Waals surface area contributed by atoms with Gasteiger partial charge >= 0.3 is 0 Å². The number of ether oxygens (including phenoxy) is 1. The van der Waals surface area contributed by atoms with Crippen LogP contribution in [0.15, 0.2) is 16.7 Å². The highest BCUT2D eigenvalue weighted by Gasteiger charge is 2.17. The van der Waals surface area contributed by atoms with Crippen LogP contribution < -0.4 is 4.74 Å². The van der Waals surface area contributed by atoms with Crippen LogP contribution in [-0.4, -0.2) is 15.2 Å². The summed E-state index contributed by atoms with van der Waals surface area (Å²) in [5.41, 5.74) is 3.04. The molecule has 0 atom stereocenters. The number of pyridine rings is 1. The van der Waals surface area contributed by atoms with Crippen molar-refractivity contribution in [1.82, 2.24) is 15.2 Å². The number of nitriles is 1. The Labute approximate surface area is 132 Å². The molecule has 2 aromatic heterocycles. The molecule has 0 saturated carbocycles. The number of aryl methyl sites for hydroxylation is 2. The summed E-state index contributed by atoms with van der Waals surface area (Å²) in [4.78, 5) is 4.26. The molecule has 0 aliphatic rings. The Kier molecular flexibility index (Phi) is 4.86. The van der Waals surface area contributed by atoms with E-state index in [1.54, 1.807) is 6.07 Å². The molecule has 0 aliphatic heterocycles. The lowest BCUT2D eigenvalue weighted by atomic mass is 10.0. The molecule has 0 unspecified atom stereocenters. The van der Waals surface area contributed by atoms with Crippen LogP contribution in [0.3, 0.4) is 0 Å². The molecule has 0 spiro atoms. The van der Waals surface area contributed by atoms with Gasteiger partial charge in [0.15, 0.2) is 5.75 Å². The lowest BCUT2D eigenvalue weighted by Crippen LogP contribution is -2.05. The highest BCUT2D eigenvalue weighted by atomic mass is 79.9. The average Bonchev–Trinajstić information content (AvgIpc) is 2.49. The van der Waals surface area contributed by atoms with Crippen molar-refractivity contribution in [2.24, 2.45) is 0 Å². The zero-order valence-electron chi connectivity index (χ0n) is 12.1. The summed E-state index contributed by atoms with van der Waals surface area (Å²) in [5.74, 6) is 0.732. The molecular formula is C15H15BrN4O. The standard InChI is InChI=1S/C15H15BrN4O/c1-4-10-11(8-17)15(20-19-12(10)5-2)21-13-7-6-9(3)18-14(13)16/h6-7H,4-5H2,1-3H3. The van der Waals surface area contributed by atoms with Gasteiger partial charge in [-0.05, 0) is 53.4 Å². The second kappa shape index (κ2) is 6.64. The normalized spacial score (nSPS) is 10.2. The van der Waals surface area contributed by atoms with Crippen molar-refractivity contribution in [1.29, 1.82) is 5.26 Å². The predicted octanol–water partition coefficient (Wildman–Crippen LogP) is 3.73. The van der Waals surface area contributed by atoms with Crippen LogP contribution in [0.25, 0.3) is 0 Å². The van der Waals surface area contributed by atoms with Crippen molar-refractivity contribution in [3.63, 3.8) is 0 Å². The number of nitrogens with zero attached hydrogens (tertiary/aromatic N) is 4. The van der Waals surface area contributed by atoms with E-state index in [-0.39, 0.29) is 5.88 Å². The monoisotopic (exact) mass is 346 g/mol. The third kappa shape index (κ3) is 3.19. The molecule has 2 aromatic rings. The van der Waals surface area contributed by atoms with E-state index in [0.717, 1.165) is 23.4 Å². The summed E-state index contributed by atoms with van der Waals surface area (Å²) >= 11 is 3.35. The molecule has 21 heavy (non-hydrogen) atoms. The maximum Gasteiger partial charge on any atom is 0.257 e. The first-order valence-electron chi connectivity index (χ1n) is 6.70. The molecule has 0 fully saturated rings. The van der Waals surface area contributed by atoms with Crippen LogP contribution in [0.2, 0.25) is 0 Å². The summed E-state index contributed by atoms with van der Waals surface area (Å²) in [6.45, 7) is 5.87. The van der Waals surface area contributed by atoms with Gasteiger partial charge in [0.1, 0.15) is 16.2 Å². The van der Waals surface area contributed by atoms with Gasteiger partial charge in [-0.3, -0.25) is 0 Å². The Hall–Kier alpha value is -2.00. The second-order valence-electron chi connectivity index (χ2n) is 4.47. The second-order valence-corrected chi connectivity index (χ2v) is 5.22. The lowest BCUT2D eigenvalue weighted by Gasteiger charge is -2.11. The Balaban J connectivity index is 2.47. The van der Waals surface area contributed by atoms with Gasteiger partial charge in [0.05, 0.1) is 5.69 Å². The lowest BCUT2D eigenvalue weighted by molar-refractivity contribution is 0.445. The molecule has 0 bridgehead atoms. The maximum absolute atomic E-state index is 9.42. The fraction of sp³-hybridized carbons (Fsp3) is 0.333. The molecule has 0 aromatic carbocycles. The van der Waals surface area contributed by atoms with Crippen LogP contribution in [0.1, 0.15) is 36.4 Å². The highest BCUT2D eigenvalue weighted by molar-refractivity contribution is 9.10. The van der Waals surface area contributed by atoms with Crippen LogP contribution in [-0.2, 0) is 12.8 Å². The smallest absolute Gasteiger partial charge is 0.257 e. The first-order chi connectivity index (χ1) is 10.1. The number of halogens is 1. The Morgan fingerprint density at radius 1 is 1.24 bits per heavy atom. The Morgan fingerprint density at radius 2 is 2.00 bits per heavy atom. The number of rotatable bonds is 4. The molecule has 0 N–H and O–H groups in total. The molecule has 0 saturated heterocycles. The number of hydrogen-bond acceptors (Lipinski definition) is 5. The summed E-state index contributed by atoms with van der Waals surface area (Å²) in [5, 5.41) is 17.6. The largest absolute Gasteiger partial charge is 0.434 e. The molecule has 2 rings (SSSR count). The molecule has 108 valence electrons. The van der Waals surface area contributed by atoms with E-state index in [0.29, 0.717) is 22.3 Å². The van der Waals surface area contributed by atoms with Gasteiger partial charge in [0, 0.05) is 5.69 Å². The minimum atomic E-state index is 0.220. The average molecular weight is 347 g/mol. The van der Waals surface area contributed by atoms with Gasteiger partial charge in [-0.2, -0.15) is 10.4 Å². The minimum absolute atomic E-state index is 0.220. The first kappa shape index (κ1) is 15.4. The van der Waals surface area contributed by atoms with E-state index in [4.69, 9.17) is 4.74 Å². The van der Waals surface area contributed by atoms with Gasteiger partial charge in [-0.25, -0.2) is 4.98 Å². The molecule has 5 nitrogen and oxygen atoms in total. The van der Waals surface area contributed by atoms with Gasteiger partial charge < -0.3 is 4.74 Å². The predicted molar refractivity (Wildman–Crippen MR) is 82.3 cm³/mol. The van der Waals surface area contributed by atoms with Crippen molar-refractivity contribution < 1.29 is 4.74 Å². The topological polar surface area (TPSA) is 71.7 Å². The van der Waals surface area contributed by atoms with Crippen molar-refractivity contribution in [2.45, 2.75) is 33.6 Å². The van der Waals surface area contributed by atoms with Crippen molar-refractivity contribution in [3.8, 4) is 17.7 Å². The van der Waals surface area contributed by atoms with Gasteiger partial charge in [0.25, 0.3) is 5.88 Å². The van der Waals surface area contributed by atoms with Crippen LogP contribution >= 0.6 is 15.9 Å². The summed E-state index contributed by atoms with van der Waals surface area (Å²) in [7, 11) is 0. The molecule has 0 aliphatic carbocycles.